The molecule has 1 saturated heterocycles. The lowest BCUT2D eigenvalue weighted by atomic mass is 9.95. The maximum atomic E-state index is 13.8. The Morgan fingerprint density at radius 3 is 3.14 bits per heavy atom. The maximum absolute atomic E-state index is 13.8. The molecule has 1 N–H and O–H groups in total. The molecule has 3 unspecified atom stereocenters. The Bertz CT molecular complexity index is 380. The van der Waals surface area contributed by atoms with Crippen LogP contribution in [0.3, 0.4) is 0 Å². The average molecular weight is 196 g/mol. The van der Waals surface area contributed by atoms with E-state index in [-0.39, 0.29) is 12.1 Å². The van der Waals surface area contributed by atoms with Crippen molar-refractivity contribution < 1.29 is 8.78 Å². The summed E-state index contributed by atoms with van der Waals surface area (Å²) in [5.41, 5.74) is 0.928. The minimum atomic E-state index is -1.08. The molecule has 3 heterocycles. The molecule has 1 aromatic heterocycles. The summed E-state index contributed by atoms with van der Waals surface area (Å²) < 4.78 is 27.2. The second kappa shape index (κ2) is 2.73. The molecular formula is C10H10F2N2. The Kier molecular flexibility index (Phi) is 1.62. The Balaban J connectivity index is 2.21. The molecule has 2 nitrogen and oxygen atoms in total. The second-order valence-electron chi connectivity index (χ2n) is 3.91. The lowest BCUT2D eigenvalue weighted by Gasteiger charge is -2.27. The van der Waals surface area contributed by atoms with E-state index in [1.807, 2.05) is 0 Å². The largest absolute Gasteiger partial charge is 0.304 e. The van der Waals surface area contributed by atoms with Gasteiger partial charge in [0.2, 0.25) is 5.95 Å². The Hall–Kier alpha value is -1.03. The number of halogens is 2. The van der Waals surface area contributed by atoms with Crippen molar-refractivity contribution in [3.8, 4) is 0 Å². The molecule has 4 heteroatoms. The van der Waals surface area contributed by atoms with Gasteiger partial charge in [-0.2, -0.15) is 4.39 Å². The van der Waals surface area contributed by atoms with Gasteiger partial charge >= 0.3 is 0 Å². The zero-order valence-corrected chi connectivity index (χ0v) is 7.50. The van der Waals surface area contributed by atoms with E-state index in [4.69, 9.17) is 0 Å². The molecule has 2 aliphatic heterocycles. The van der Waals surface area contributed by atoms with Gasteiger partial charge in [-0.05, 0) is 24.5 Å². The van der Waals surface area contributed by atoms with Crippen LogP contribution in [0.25, 0.3) is 0 Å². The number of pyridine rings is 1. The molecule has 3 rings (SSSR count). The van der Waals surface area contributed by atoms with E-state index in [2.05, 4.69) is 10.3 Å². The predicted molar refractivity (Wildman–Crippen MR) is 46.9 cm³/mol. The van der Waals surface area contributed by atoms with Crippen molar-refractivity contribution in [3.63, 3.8) is 0 Å². The Morgan fingerprint density at radius 2 is 2.29 bits per heavy atom. The van der Waals surface area contributed by atoms with Crippen LogP contribution in [-0.4, -0.2) is 11.0 Å². The van der Waals surface area contributed by atoms with Crippen molar-refractivity contribution in [3.05, 3.63) is 29.3 Å². The minimum absolute atomic E-state index is 0.0318. The van der Waals surface area contributed by atoms with Gasteiger partial charge in [0.15, 0.2) is 0 Å². The molecule has 14 heavy (non-hydrogen) atoms. The van der Waals surface area contributed by atoms with Crippen LogP contribution in [0.1, 0.15) is 36.2 Å². The highest BCUT2D eigenvalue weighted by atomic mass is 19.1. The summed E-state index contributed by atoms with van der Waals surface area (Å²) in [5, 5.41) is 3.08. The zero-order chi connectivity index (χ0) is 9.71. The monoisotopic (exact) mass is 196 g/mol. The lowest BCUT2D eigenvalue weighted by Crippen LogP contribution is -2.34. The molecule has 2 bridgehead atoms. The van der Waals surface area contributed by atoms with Gasteiger partial charge in [0.25, 0.3) is 0 Å². The van der Waals surface area contributed by atoms with E-state index in [1.165, 1.54) is 6.20 Å². The number of alkyl halides is 1. The molecule has 0 aliphatic carbocycles. The number of aromatic nitrogens is 1. The number of hydrogen-bond acceptors (Lipinski definition) is 2. The van der Waals surface area contributed by atoms with Crippen molar-refractivity contribution in [1.29, 1.82) is 0 Å². The quantitative estimate of drug-likeness (QED) is 0.642. The Labute approximate surface area is 80.3 Å². The van der Waals surface area contributed by atoms with Crippen LogP contribution in [0.4, 0.5) is 8.78 Å². The van der Waals surface area contributed by atoms with Gasteiger partial charge in [0, 0.05) is 23.8 Å². The molecule has 74 valence electrons. The smallest absolute Gasteiger partial charge is 0.217 e. The molecule has 0 aromatic carbocycles. The molecule has 2 aliphatic rings. The normalized spacial score (nSPS) is 34.3. The van der Waals surface area contributed by atoms with Gasteiger partial charge in [-0.1, -0.05) is 0 Å². The molecule has 0 amide bonds. The summed E-state index contributed by atoms with van der Waals surface area (Å²) in [6.45, 7) is 0. The predicted octanol–water partition coefficient (Wildman–Crippen LogP) is 2.04. The van der Waals surface area contributed by atoms with Crippen molar-refractivity contribution in [2.45, 2.75) is 31.1 Å². The SMILES string of the molecule is Fc1nccc2c1C1CCC(N1)C2F. The van der Waals surface area contributed by atoms with Crippen LogP contribution in [0.5, 0.6) is 0 Å². The summed E-state index contributed by atoms with van der Waals surface area (Å²) in [6, 6.07) is 1.43. The van der Waals surface area contributed by atoms with Gasteiger partial charge in [0.05, 0.1) is 0 Å². The third-order valence-electron chi connectivity index (χ3n) is 3.16. The van der Waals surface area contributed by atoms with E-state index < -0.39 is 12.1 Å². The standard InChI is InChI=1S/C10H10F2N2/c11-9-5-3-4-13-10(12)8(5)6-1-2-7(9)14-6/h3-4,6-7,9,14H,1-2H2. The van der Waals surface area contributed by atoms with Gasteiger partial charge in [-0.3, -0.25) is 0 Å². The Morgan fingerprint density at radius 1 is 1.43 bits per heavy atom. The van der Waals surface area contributed by atoms with Crippen molar-refractivity contribution in [2.24, 2.45) is 0 Å². The van der Waals surface area contributed by atoms with Crippen LogP contribution < -0.4 is 5.32 Å². The average Bonchev–Trinajstić information content (AvgIpc) is 2.60. The summed E-state index contributed by atoms with van der Waals surface area (Å²) in [7, 11) is 0. The number of nitrogens with zero attached hydrogens (tertiary/aromatic N) is 1. The van der Waals surface area contributed by atoms with E-state index in [9.17, 15) is 8.78 Å². The van der Waals surface area contributed by atoms with Gasteiger partial charge in [0.1, 0.15) is 6.17 Å². The molecular weight excluding hydrogens is 186 g/mol. The first kappa shape index (κ1) is 8.29. The third-order valence-corrected chi connectivity index (χ3v) is 3.16. The number of rotatable bonds is 0. The molecule has 0 saturated carbocycles. The lowest BCUT2D eigenvalue weighted by molar-refractivity contribution is 0.247. The van der Waals surface area contributed by atoms with Crippen LogP contribution >= 0.6 is 0 Å². The molecule has 3 atom stereocenters. The first-order valence-electron chi connectivity index (χ1n) is 4.82. The van der Waals surface area contributed by atoms with Crippen molar-refractivity contribution >= 4 is 0 Å². The van der Waals surface area contributed by atoms with Crippen LogP contribution in [0.15, 0.2) is 12.3 Å². The first-order chi connectivity index (χ1) is 6.77. The fourth-order valence-corrected chi connectivity index (χ4v) is 2.49. The number of nitrogens with one attached hydrogen (secondary N) is 1. The summed E-state index contributed by atoms with van der Waals surface area (Å²) in [5.74, 6) is -0.525. The fraction of sp³-hybridized carbons (Fsp3) is 0.500. The second-order valence-corrected chi connectivity index (χ2v) is 3.91. The molecule has 0 radical (unpaired) electrons. The highest BCUT2D eigenvalue weighted by Crippen LogP contribution is 2.43. The van der Waals surface area contributed by atoms with E-state index in [0.29, 0.717) is 11.1 Å². The highest BCUT2D eigenvalue weighted by Gasteiger charge is 2.41. The molecule has 1 fully saturated rings. The molecule has 1 aromatic rings. The van der Waals surface area contributed by atoms with Gasteiger partial charge in [-0.15, -0.1) is 0 Å². The maximum Gasteiger partial charge on any atom is 0.217 e. The molecule has 0 spiro atoms. The van der Waals surface area contributed by atoms with Crippen LogP contribution in [0, 0.1) is 5.95 Å². The summed E-state index contributed by atoms with van der Waals surface area (Å²) >= 11 is 0. The summed E-state index contributed by atoms with van der Waals surface area (Å²) in [6.07, 6.45) is 1.84. The fourth-order valence-electron chi connectivity index (χ4n) is 2.49. The van der Waals surface area contributed by atoms with Crippen LogP contribution in [-0.2, 0) is 0 Å². The van der Waals surface area contributed by atoms with E-state index in [0.717, 1.165) is 12.8 Å². The van der Waals surface area contributed by atoms with Gasteiger partial charge < -0.3 is 5.32 Å². The summed E-state index contributed by atoms with van der Waals surface area (Å²) in [4.78, 5) is 3.57. The number of hydrogen-bond donors (Lipinski definition) is 1. The topological polar surface area (TPSA) is 24.9 Å². The minimum Gasteiger partial charge on any atom is -0.304 e. The van der Waals surface area contributed by atoms with E-state index in [1.54, 1.807) is 6.07 Å². The van der Waals surface area contributed by atoms with E-state index >= 15 is 0 Å². The van der Waals surface area contributed by atoms with Gasteiger partial charge in [-0.25, -0.2) is 9.37 Å². The van der Waals surface area contributed by atoms with Crippen molar-refractivity contribution in [1.82, 2.24) is 10.3 Å². The van der Waals surface area contributed by atoms with Crippen LogP contribution in [0.2, 0.25) is 0 Å². The zero-order valence-electron chi connectivity index (χ0n) is 7.50. The van der Waals surface area contributed by atoms with Crippen molar-refractivity contribution in [2.75, 3.05) is 0 Å². The first-order valence-corrected chi connectivity index (χ1v) is 4.82. The number of fused-ring (bicyclic) bond motifs is 4. The highest BCUT2D eigenvalue weighted by molar-refractivity contribution is 5.35. The third kappa shape index (κ3) is 0.945.